The van der Waals surface area contributed by atoms with E-state index in [-0.39, 0.29) is 13.3 Å². The zero-order valence-electron chi connectivity index (χ0n) is 14.4. The molecule has 0 unspecified atom stereocenters. The normalized spacial score (nSPS) is 12.5. The second-order valence-corrected chi connectivity index (χ2v) is 7.26. The molecule has 2 aromatic carbocycles. The largest absolute Gasteiger partial charge is 0.454 e. The van der Waals surface area contributed by atoms with Gasteiger partial charge in [-0.3, -0.25) is 9.59 Å². The average Bonchev–Trinajstić information content (AvgIpc) is 3.30. The van der Waals surface area contributed by atoms with Crippen LogP contribution in [0.3, 0.4) is 0 Å². The number of ether oxygens (including phenoxy) is 2. The third-order valence-electron chi connectivity index (χ3n) is 3.95. The molecule has 3 aromatic rings. The molecule has 0 saturated carbocycles. The van der Waals surface area contributed by atoms with E-state index in [4.69, 9.17) is 21.1 Å². The highest BCUT2D eigenvalue weighted by Crippen LogP contribution is 2.35. The van der Waals surface area contributed by atoms with E-state index >= 15 is 0 Å². The standard InChI is InChI=1S/C19H14ClN3O4S/c20-17-12-3-1-2-4-15(12)28-18(17)19(25)21-9-16(24)23-22-8-11-5-6-13-14(7-11)27-10-26-13/h1-8H,9-10H2,(H,21,25)(H,23,24). The van der Waals surface area contributed by atoms with Gasteiger partial charge in [-0.2, -0.15) is 5.10 Å². The Bertz CT molecular complexity index is 1100. The summed E-state index contributed by atoms with van der Waals surface area (Å²) in [6, 6.07) is 12.8. The lowest BCUT2D eigenvalue weighted by Crippen LogP contribution is -2.34. The van der Waals surface area contributed by atoms with E-state index in [1.165, 1.54) is 17.6 Å². The summed E-state index contributed by atoms with van der Waals surface area (Å²) in [5.74, 6) is 0.440. The Balaban J connectivity index is 1.31. The van der Waals surface area contributed by atoms with Crippen molar-refractivity contribution in [1.82, 2.24) is 10.7 Å². The molecule has 0 radical (unpaired) electrons. The molecule has 9 heteroatoms. The molecule has 0 bridgehead atoms. The van der Waals surface area contributed by atoms with Crippen molar-refractivity contribution in [2.75, 3.05) is 13.3 Å². The maximum Gasteiger partial charge on any atom is 0.263 e. The summed E-state index contributed by atoms with van der Waals surface area (Å²) in [4.78, 5) is 24.6. The molecule has 0 atom stereocenters. The van der Waals surface area contributed by atoms with E-state index in [1.807, 2.05) is 24.3 Å². The van der Waals surface area contributed by atoms with Crippen LogP contribution in [0.5, 0.6) is 11.5 Å². The first-order valence-corrected chi connectivity index (χ1v) is 9.48. The SMILES string of the molecule is O=C(CNC(=O)c1sc2ccccc2c1Cl)NN=Cc1ccc2c(c1)OCO2. The number of carbonyl (C=O) groups is 2. The number of fused-ring (bicyclic) bond motifs is 2. The van der Waals surface area contributed by atoms with Crippen molar-refractivity contribution < 1.29 is 19.1 Å². The number of hydrogen-bond donors (Lipinski definition) is 2. The number of halogens is 1. The first-order chi connectivity index (χ1) is 13.6. The van der Waals surface area contributed by atoms with Crippen LogP contribution < -0.4 is 20.2 Å². The van der Waals surface area contributed by atoms with Gasteiger partial charge in [-0.1, -0.05) is 29.8 Å². The molecule has 1 aliphatic heterocycles. The van der Waals surface area contributed by atoms with Crippen LogP contribution in [0.15, 0.2) is 47.6 Å². The van der Waals surface area contributed by atoms with Crippen molar-refractivity contribution in [3.63, 3.8) is 0 Å². The van der Waals surface area contributed by atoms with Crippen LogP contribution in [0, 0.1) is 0 Å². The number of rotatable bonds is 5. The lowest BCUT2D eigenvalue weighted by atomic mass is 10.2. The fourth-order valence-corrected chi connectivity index (χ4v) is 4.05. The monoisotopic (exact) mass is 415 g/mol. The molecule has 2 amide bonds. The van der Waals surface area contributed by atoms with E-state index in [0.717, 1.165) is 15.6 Å². The molecular weight excluding hydrogens is 402 g/mol. The molecule has 0 saturated heterocycles. The average molecular weight is 416 g/mol. The Kier molecular flexibility index (Phi) is 5.14. The smallest absolute Gasteiger partial charge is 0.263 e. The van der Waals surface area contributed by atoms with Crippen molar-refractivity contribution in [3.05, 3.63) is 57.9 Å². The summed E-state index contributed by atoms with van der Waals surface area (Å²) < 4.78 is 11.4. The lowest BCUT2D eigenvalue weighted by Gasteiger charge is -2.03. The van der Waals surface area contributed by atoms with Crippen LogP contribution in [0.1, 0.15) is 15.2 Å². The van der Waals surface area contributed by atoms with Gasteiger partial charge >= 0.3 is 0 Å². The Labute approximate surface area is 168 Å². The predicted molar refractivity (Wildman–Crippen MR) is 107 cm³/mol. The number of amides is 2. The summed E-state index contributed by atoms with van der Waals surface area (Å²) in [7, 11) is 0. The summed E-state index contributed by atoms with van der Waals surface area (Å²) >= 11 is 7.55. The fraction of sp³-hybridized carbons (Fsp3) is 0.105. The molecule has 7 nitrogen and oxygen atoms in total. The minimum Gasteiger partial charge on any atom is -0.454 e. The molecule has 2 heterocycles. The molecule has 1 aliphatic rings. The highest BCUT2D eigenvalue weighted by molar-refractivity contribution is 7.21. The van der Waals surface area contributed by atoms with Crippen LogP contribution in [-0.4, -0.2) is 31.4 Å². The Hall–Kier alpha value is -3.10. The van der Waals surface area contributed by atoms with Crippen molar-refractivity contribution in [2.24, 2.45) is 5.10 Å². The Morgan fingerprint density at radius 3 is 2.86 bits per heavy atom. The molecule has 2 N–H and O–H groups in total. The number of benzene rings is 2. The summed E-state index contributed by atoms with van der Waals surface area (Å²) in [6.45, 7) is -0.0297. The highest BCUT2D eigenvalue weighted by atomic mass is 35.5. The molecule has 142 valence electrons. The van der Waals surface area contributed by atoms with Gasteiger partial charge in [0.2, 0.25) is 6.79 Å². The predicted octanol–water partition coefficient (Wildman–Crippen LogP) is 3.16. The van der Waals surface area contributed by atoms with Gasteiger partial charge < -0.3 is 14.8 Å². The molecular formula is C19H14ClN3O4S. The number of carbonyl (C=O) groups excluding carboxylic acids is 2. The number of hydrogen-bond acceptors (Lipinski definition) is 6. The second kappa shape index (κ2) is 7.87. The molecule has 4 rings (SSSR count). The van der Waals surface area contributed by atoms with Gasteiger partial charge in [-0.05, 0) is 29.8 Å². The van der Waals surface area contributed by atoms with E-state index in [9.17, 15) is 9.59 Å². The molecule has 28 heavy (non-hydrogen) atoms. The Morgan fingerprint density at radius 1 is 1.18 bits per heavy atom. The van der Waals surface area contributed by atoms with Crippen molar-refractivity contribution in [3.8, 4) is 11.5 Å². The summed E-state index contributed by atoms with van der Waals surface area (Å²) in [6.07, 6.45) is 1.48. The third kappa shape index (κ3) is 3.78. The van der Waals surface area contributed by atoms with Gasteiger partial charge in [0.25, 0.3) is 11.8 Å². The van der Waals surface area contributed by atoms with E-state index in [2.05, 4.69) is 15.8 Å². The van der Waals surface area contributed by atoms with Gasteiger partial charge in [0.05, 0.1) is 17.8 Å². The first kappa shape index (κ1) is 18.3. The molecule has 0 fully saturated rings. The van der Waals surface area contributed by atoms with Gasteiger partial charge in [0.1, 0.15) is 4.88 Å². The first-order valence-electron chi connectivity index (χ1n) is 8.28. The number of thiophene rings is 1. The quantitative estimate of drug-likeness (QED) is 0.495. The Morgan fingerprint density at radius 2 is 2.00 bits per heavy atom. The molecule has 0 spiro atoms. The van der Waals surface area contributed by atoms with E-state index in [1.54, 1.807) is 18.2 Å². The van der Waals surface area contributed by atoms with Crippen molar-refractivity contribution >= 4 is 51.1 Å². The maximum atomic E-state index is 12.3. The zero-order valence-corrected chi connectivity index (χ0v) is 16.0. The molecule has 0 aliphatic carbocycles. The number of nitrogens with zero attached hydrogens (tertiary/aromatic N) is 1. The van der Waals surface area contributed by atoms with Crippen LogP contribution in [0.4, 0.5) is 0 Å². The summed E-state index contributed by atoms with van der Waals surface area (Å²) in [5, 5.41) is 7.63. The fourth-order valence-electron chi connectivity index (χ4n) is 2.61. The number of hydrazone groups is 1. The molecule has 1 aromatic heterocycles. The van der Waals surface area contributed by atoms with E-state index < -0.39 is 11.8 Å². The van der Waals surface area contributed by atoms with Gasteiger partial charge in [-0.15, -0.1) is 11.3 Å². The third-order valence-corrected chi connectivity index (χ3v) is 5.62. The van der Waals surface area contributed by atoms with Gasteiger partial charge in [0, 0.05) is 10.1 Å². The topological polar surface area (TPSA) is 89.0 Å². The van der Waals surface area contributed by atoms with Gasteiger partial charge in [0.15, 0.2) is 11.5 Å². The summed E-state index contributed by atoms with van der Waals surface area (Å²) in [5.41, 5.74) is 3.10. The van der Waals surface area contributed by atoms with Crippen LogP contribution in [-0.2, 0) is 4.79 Å². The van der Waals surface area contributed by atoms with Crippen molar-refractivity contribution in [2.45, 2.75) is 0 Å². The lowest BCUT2D eigenvalue weighted by molar-refractivity contribution is -0.120. The minimum absolute atomic E-state index is 0.191. The van der Waals surface area contributed by atoms with Crippen LogP contribution in [0.2, 0.25) is 5.02 Å². The van der Waals surface area contributed by atoms with Crippen molar-refractivity contribution in [1.29, 1.82) is 0 Å². The number of nitrogens with one attached hydrogen (secondary N) is 2. The highest BCUT2D eigenvalue weighted by Gasteiger charge is 2.17. The second-order valence-electron chi connectivity index (χ2n) is 5.83. The maximum absolute atomic E-state index is 12.3. The zero-order chi connectivity index (χ0) is 19.5. The van der Waals surface area contributed by atoms with E-state index in [0.29, 0.717) is 21.4 Å². The van der Waals surface area contributed by atoms with Crippen LogP contribution in [0.25, 0.3) is 10.1 Å². The van der Waals surface area contributed by atoms with Gasteiger partial charge in [-0.25, -0.2) is 5.43 Å². The van der Waals surface area contributed by atoms with Crippen LogP contribution >= 0.6 is 22.9 Å². The minimum atomic E-state index is -0.456.